The summed E-state index contributed by atoms with van der Waals surface area (Å²) < 4.78 is 37.0. The zero-order valence-corrected chi connectivity index (χ0v) is 17.3. The lowest BCUT2D eigenvalue weighted by molar-refractivity contribution is -0.147. The molecule has 0 saturated carbocycles. The summed E-state index contributed by atoms with van der Waals surface area (Å²) in [7, 11) is -2.42. The molecule has 0 fully saturated rings. The Labute approximate surface area is 160 Å². The van der Waals surface area contributed by atoms with Gasteiger partial charge in [0, 0.05) is 25.2 Å². The molecular weight excluding hydrogens is 372 g/mol. The Bertz CT molecular complexity index is 757. The summed E-state index contributed by atoms with van der Waals surface area (Å²) in [6.45, 7) is 7.65. The van der Waals surface area contributed by atoms with Crippen LogP contribution in [-0.4, -0.2) is 57.4 Å². The number of nitrogens with zero attached hydrogens (tertiary/aromatic N) is 1. The lowest BCUT2D eigenvalue weighted by Crippen LogP contribution is -2.31. The molecule has 1 aromatic carbocycles. The Hall–Kier alpha value is -2.13. The molecule has 1 aromatic rings. The van der Waals surface area contributed by atoms with Gasteiger partial charge in [-0.3, -0.25) is 9.59 Å². The molecule has 0 heterocycles. The Kier molecular flexibility index (Phi) is 8.71. The van der Waals surface area contributed by atoms with E-state index in [2.05, 4.69) is 5.32 Å². The second kappa shape index (κ2) is 10.3. The van der Waals surface area contributed by atoms with Crippen molar-refractivity contribution in [3.8, 4) is 5.75 Å². The number of hydrogen-bond acceptors (Lipinski definition) is 6. The fourth-order valence-electron chi connectivity index (χ4n) is 2.42. The molecule has 1 N–H and O–H groups in total. The van der Waals surface area contributed by atoms with Crippen molar-refractivity contribution in [2.24, 2.45) is 0 Å². The van der Waals surface area contributed by atoms with Gasteiger partial charge in [0.05, 0.1) is 19.6 Å². The van der Waals surface area contributed by atoms with Crippen LogP contribution in [0.3, 0.4) is 0 Å². The standard InChI is InChI=1S/C18H28N2O6S/c1-6-20(7-2)27(23,24)16-12-14(8-9-15(16)25-5)18(22)19-11-10-17(21)26-13(3)4/h8-9,12-13H,6-7,10-11H2,1-5H3,(H,19,22). The van der Waals surface area contributed by atoms with Crippen molar-refractivity contribution in [1.29, 1.82) is 0 Å². The highest BCUT2D eigenvalue weighted by atomic mass is 32.2. The van der Waals surface area contributed by atoms with E-state index in [-0.39, 0.29) is 35.3 Å². The van der Waals surface area contributed by atoms with Gasteiger partial charge in [0.25, 0.3) is 5.91 Å². The van der Waals surface area contributed by atoms with Crippen molar-refractivity contribution in [1.82, 2.24) is 9.62 Å². The number of carbonyl (C=O) groups is 2. The molecule has 0 radical (unpaired) electrons. The van der Waals surface area contributed by atoms with Gasteiger partial charge >= 0.3 is 5.97 Å². The first-order valence-corrected chi connectivity index (χ1v) is 10.3. The van der Waals surface area contributed by atoms with Gasteiger partial charge in [-0.15, -0.1) is 0 Å². The van der Waals surface area contributed by atoms with Crippen molar-refractivity contribution in [3.63, 3.8) is 0 Å². The molecule has 1 rings (SSSR count). The van der Waals surface area contributed by atoms with Crippen LogP contribution >= 0.6 is 0 Å². The topological polar surface area (TPSA) is 102 Å². The number of ether oxygens (including phenoxy) is 2. The number of carbonyl (C=O) groups excluding carboxylic acids is 2. The normalized spacial score (nSPS) is 11.5. The minimum absolute atomic E-state index is 0.0324. The van der Waals surface area contributed by atoms with Gasteiger partial charge in [0.1, 0.15) is 10.6 Å². The van der Waals surface area contributed by atoms with E-state index in [1.54, 1.807) is 27.7 Å². The first-order valence-electron chi connectivity index (χ1n) is 8.83. The van der Waals surface area contributed by atoms with Crippen LogP contribution in [-0.2, 0) is 19.6 Å². The van der Waals surface area contributed by atoms with Crippen molar-refractivity contribution < 1.29 is 27.5 Å². The summed E-state index contributed by atoms with van der Waals surface area (Å²) in [5, 5.41) is 2.59. The number of methoxy groups -OCH3 is 1. The maximum absolute atomic E-state index is 12.8. The molecule has 0 bridgehead atoms. The molecule has 8 nitrogen and oxygen atoms in total. The molecule has 0 aliphatic heterocycles. The monoisotopic (exact) mass is 400 g/mol. The number of hydrogen-bond donors (Lipinski definition) is 1. The average Bonchev–Trinajstić information content (AvgIpc) is 2.61. The third-order valence-corrected chi connectivity index (χ3v) is 5.80. The third-order valence-electron chi connectivity index (χ3n) is 3.73. The SMILES string of the molecule is CCN(CC)S(=O)(=O)c1cc(C(=O)NCCC(=O)OC(C)C)ccc1OC. The van der Waals surface area contributed by atoms with Gasteiger partial charge < -0.3 is 14.8 Å². The van der Waals surface area contributed by atoms with Crippen LogP contribution < -0.4 is 10.1 Å². The summed E-state index contributed by atoms with van der Waals surface area (Å²) in [4.78, 5) is 23.8. The van der Waals surface area contributed by atoms with Gasteiger partial charge in [-0.1, -0.05) is 13.8 Å². The van der Waals surface area contributed by atoms with E-state index in [1.165, 1.54) is 29.6 Å². The van der Waals surface area contributed by atoms with E-state index in [0.29, 0.717) is 13.1 Å². The second-order valence-electron chi connectivity index (χ2n) is 6.00. The number of nitrogens with one attached hydrogen (secondary N) is 1. The van der Waals surface area contributed by atoms with Crippen molar-refractivity contribution >= 4 is 21.9 Å². The van der Waals surface area contributed by atoms with Gasteiger partial charge in [-0.2, -0.15) is 4.31 Å². The second-order valence-corrected chi connectivity index (χ2v) is 7.91. The van der Waals surface area contributed by atoms with Gasteiger partial charge in [0.2, 0.25) is 10.0 Å². The van der Waals surface area contributed by atoms with E-state index in [1.807, 2.05) is 0 Å². The molecule has 152 valence electrons. The zero-order valence-electron chi connectivity index (χ0n) is 16.4. The van der Waals surface area contributed by atoms with Gasteiger partial charge in [-0.05, 0) is 32.0 Å². The molecule has 9 heteroatoms. The van der Waals surface area contributed by atoms with Crippen LogP contribution in [0, 0.1) is 0 Å². The number of sulfonamides is 1. The van der Waals surface area contributed by atoms with Crippen LogP contribution in [0.4, 0.5) is 0 Å². The number of benzene rings is 1. The molecule has 0 spiro atoms. The molecule has 1 amide bonds. The summed E-state index contributed by atoms with van der Waals surface area (Å²) in [5.74, 6) is -0.727. The number of esters is 1. The van der Waals surface area contributed by atoms with Crippen LogP contribution in [0.5, 0.6) is 5.75 Å². The maximum Gasteiger partial charge on any atom is 0.307 e. The summed E-state index contributed by atoms with van der Waals surface area (Å²) >= 11 is 0. The maximum atomic E-state index is 12.8. The largest absolute Gasteiger partial charge is 0.495 e. The third kappa shape index (κ3) is 6.21. The lowest BCUT2D eigenvalue weighted by atomic mass is 10.2. The molecule has 0 aliphatic carbocycles. The van der Waals surface area contributed by atoms with E-state index in [9.17, 15) is 18.0 Å². The lowest BCUT2D eigenvalue weighted by Gasteiger charge is -2.20. The smallest absolute Gasteiger partial charge is 0.307 e. The summed E-state index contributed by atoms with van der Waals surface area (Å²) in [6, 6.07) is 4.20. The minimum Gasteiger partial charge on any atom is -0.495 e. The molecule has 0 saturated heterocycles. The molecule has 0 aromatic heterocycles. The Morgan fingerprint density at radius 1 is 1.19 bits per heavy atom. The quantitative estimate of drug-likeness (QED) is 0.601. The molecule has 0 unspecified atom stereocenters. The Morgan fingerprint density at radius 2 is 1.81 bits per heavy atom. The highest BCUT2D eigenvalue weighted by molar-refractivity contribution is 7.89. The summed E-state index contributed by atoms with van der Waals surface area (Å²) in [5.41, 5.74) is 0.166. The average molecular weight is 400 g/mol. The van der Waals surface area contributed by atoms with E-state index < -0.39 is 21.9 Å². The van der Waals surface area contributed by atoms with Gasteiger partial charge in [0.15, 0.2) is 0 Å². The van der Waals surface area contributed by atoms with Crippen molar-refractivity contribution in [3.05, 3.63) is 23.8 Å². The zero-order chi connectivity index (χ0) is 20.6. The Morgan fingerprint density at radius 3 is 2.33 bits per heavy atom. The van der Waals surface area contributed by atoms with E-state index in [4.69, 9.17) is 9.47 Å². The van der Waals surface area contributed by atoms with Gasteiger partial charge in [-0.25, -0.2) is 8.42 Å². The first kappa shape index (κ1) is 22.9. The Balaban J connectivity index is 2.98. The predicted molar refractivity (Wildman–Crippen MR) is 101 cm³/mol. The number of amides is 1. The van der Waals surface area contributed by atoms with Crippen molar-refractivity contribution in [2.45, 2.75) is 45.1 Å². The fraction of sp³-hybridized carbons (Fsp3) is 0.556. The van der Waals surface area contributed by atoms with Crippen LogP contribution in [0.1, 0.15) is 44.5 Å². The fourth-order valence-corrected chi connectivity index (χ4v) is 4.06. The summed E-state index contributed by atoms with van der Waals surface area (Å²) in [6.07, 6.45) is -0.187. The highest BCUT2D eigenvalue weighted by Gasteiger charge is 2.26. The first-order chi connectivity index (χ1) is 12.7. The molecular formula is C18H28N2O6S. The van der Waals surface area contributed by atoms with Crippen molar-refractivity contribution in [2.75, 3.05) is 26.7 Å². The highest BCUT2D eigenvalue weighted by Crippen LogP contribution is 2.27. The van der Waals surface area contributed by atoms with Crippen LogP contribution in [0.25, 0.3) is 0 Å². The number of rotatable bonds is 10. The van der Waals surface area contributed by atoms with E-state index >= 15 is 0 Å². The molecule has 0 atom stereocenters. The van der Waals surface area contributed by atoms with E-state index in [0.717, 1.165) is 0 Å². The van der Waals surface area contributed by atoms with Crippen LogP contribution in [0.2, 0.25) is 0 Å². The van der Waals surface area contributed by atoms with Crippen LogP contribution in [0.15, 0.2) is 23.1 Å². The molecule has 27 heavy (non-hydrogen) atoms. The predicted octanol–water partition coefficient (Wildman–Crippen LogP) is 1.80. The molecule has 0 aliphatic rings. The minimum atomic E-state index is -3.79.